The molecule has 9 nitrogen and oxygen atoms in total. The zero-order valence-electron chi connectivity index (χ0n) is 20.8. The maximum absolute atomic E-state index is 13.4. The SMILES string of the molecule is COc1ccc(-c2coc3c4c(ccc3c2=O)OC(c2ccc(OC)c(OC)c2)C(CO)O4)cc1OC. The summed E-state index contributed by atoms with van der Waals surface area (Å²) in [6.07, 6.45) is -0.0104. The van der Waals surface area contributed by atoms with Crippen LogP contribution in [0.1, 0.15) is 11.7 Å². The number of aliphatic hydroxyl groups excluding tert-OH is 1. The predicted octanol–water partition coefficient (Wildman–Crippen LogP) is 4.37. The van der Waals surface area contributed by atoms with Gasteiger partial charge in [0, 0.05) is 5.56 Å². The Kier molecular flexibility index (Phi) is 6.54. The Labute approximate surface area is 212 Å². The first-order chi connectivity index (χ1) is 18.0. The van der Waals surface area contributed by atoms with Crippen LogP contribution in [0.3, 0.4) is 0 Å². The van der Waals surface area contributed by atoms with Crippen molar-refractivity contribution in [3.63, 3.8) is 0 Å². The molecule has 0 bridgehead atoms. The quantitative estimate of drug-likeness (QED) is 0.391. The van der Waals surface area contributed by atoms with Gasteiger partial charge in [-0.3, -0.25) is 4.79 Å². The molecule has 0 spiro atoms. The van der Waals surface area contributed by atoms with E-state index in [1.54, 1.807) is 63.8 Å². The molecule has 5 rings (SSSR count). The molecule has 1 aromatic heterocycles. The van der Waals surface area contributed by atoms with E-state index in [-0.39, 0.29) is 23.4 Å². The fourth-order valence-corrected chi connectivity index (χ4v) is 4.44. The van der Waals surface area contributed by atoms with Crippen LogP contribution in [0.4, 0.5) is 0 Å². The topological polar surface area (TPSA) is 106 Å². The van der Waals surface area contributed by atoms with Gasteiger partial charge >= 0.3 is 0 Å². The summed E-state index contributed by atoms with van der Waals surface area (Å²) >= 11 is 0. The third kappa shape index (κ3) is 4.17. The molecule has 2 unspecified atom stereocenters. The number of rotatable bonds is 7. The number of benzene rings is 3. The highest BCUT2D eigenvalue weighted by molar-refractivity contribution is 5.88. The smallest absolute Gasteiger partial charge is 0.205 e. The minimum Gasteiger partial charge on any atom is -0.493 e. The molecule has 2 atom stereocenters. The van der Waals surface area contributed by atoms with E-state index in [0.29, 0.717) is 45.3 Å². The van der Waals surface area contributed by atoms with Crippen molar-refractivity contribution in [1.82, 2.24) is 0 Å². The van der Waals surface area contributed by atoms with Crippen molar-refractivity contribution in [3.05, 3.63) is 70.6 Å². The summed E-state index contributed by atoms with van der Waals surface area (Å²) < 4.78 is 39.7. The normalized spacial score (nSPS) is 16.4. The predicted molar refractivity (Wildman–Crippen MR) is 135 cm³/mol. The third-order valence-electron chi connectivity index (χ3n) is 6.33. The molecule has 1 N–H and O–H groups in total. The van der Waals surface area contributed by atoms with Gasteiger partial charge in [-0.15, -0.1) is 0 Å². The standard InChI is InChI=1S/C28H26O9/c1-31-19-8-5-15(11-22(19)33-3)18-14-35-27-17(25(18)30)7-10-21-28(27)37-24(13-29)26(36-21)16-6-9-20(32-2)23(12-16)34-4/h5-12,14,24,26,29H,13H2,1-4H3. The number of hydrogen-bond donors (Lipinski definition) is 1. The van der Waals surface area contributed by atoms with Crippen molar-refractivity contribution >= 4 is 11.0 Å². The molecular formula is C28H26O9. The summed E-state index contributed by atoms with van der Waals surface area (Å²) in [4.78, 5) is 13.4. The summed E-state index contributed by atoms with van der Waals surface area (Å²) in [6, 6.07) is 13.8. The molecule has 0 amide bonds. The monoisotopic (exact) mass is 506 g/mol. The number of methoxy groups -OCH3 is 4. The molecule has 0 fully saturated rings. The average Bonchev–Trinajstić information content (AvgIpc) is 2.95. The van der Waals surface area contributed by atoms with E-state index >= 15 is 0 Å². The van der Waals surface area contributed by atoms with Crippen LogP contribution in [0, 0.1) is 0 Å². The fourth-order valence-electron chi connectivity index (χ4n) is 4.44. The number of hydrogen-bond acceptors (Lipinski definition) is 9. The van der Waals surface area contributed by atoms with E-state index in [2.05, 4.69) is 0 Å². The first-order valence-electron chi connectivity index (χ1n) is 11.5. The lowest BCUT2D eigenvalue weighted by atomic mass is 10.0. The highest BCUT2D eigenvalue weighted by Gasteiger charge is 2.35. The average molecular weight is 507 g/mol. The Balaban J connectivity index is 1.55. The van der Waals surface area contributed by atoms with E-state index in [4.69, 9.17) is 32.8 Å². The lowest BCUT2D eigenvalue weighted by Crippen LogP contribution is -2.36. The Morgan fingerprint density at radius 3 is 2.16 bits per heavy atom. The summed E-state index contributed by atoms with van der Waals surface area (Å²) in [5.74, 6) is 2.78. The van der Waals surface area contributed by atoms with Crippen LogP contribution in [0.5, 0.6) is 34.5 Å². The molecule has 0 aliphatic carbocycles. The molecule has 1 aliphatic heterocycles. The molecule has 2 heterocycles. The van der Waals surface area contributed by atoms with Crippen LogP contribution >= 0.6 is 0 Å². The van der Waals surface area contributed by atoms with Gasteiger partial charge < -0.3 is 37.9 Å². The molecule has 3 aromatic carbocycles. The summed E-state index contributed by atoms with van der Waals surface area (Å²) in [7, 11) is 6.17. The van der Waals surface area contributed by atoms with Crippen molar-refractivity contribution in [2.24, 2.45) is 0 Å². The van der Waals surface area contributed by atoms with E-state index in [0.717, 1.165) is 5.56 Å². The lowest BCUT2D eigenvalue weighted by Gasteiger charge is -2.33. The van der Waals surface area contributed by atoms with Crippen molar-refractivity contribution < 1.29 is 37.9 Å². The van der Waals surface area contributed by atoms with E-state index in [1.165, 1.54) is 13.4 Å². The second-order valence-corrected chi connectivity index (χ2v) is 8.31. The Morgan fingerprint density at radius 2 is 1.49 bits per heavy atom. The molecule has 1 aliphatic rings. The van der Waals surface area contributed by atoms with Crippen LogP contribution < -0.4 is 33.8 Å². The van der Waals surface area contributed by atoms with Gasteiger partial charge in [0.15, 0.2) is 46.5 Å². The highest BCUT2D eigenvalue weighted by atomic mass is 16.6. The summed E-state index contributed by atoms with van der Waals surface area (Å²) in [5.41, 5.74) is 1.68. The molecule has 0 saturated carbocycles. The van der Waals surface area contributed by atoms with Crippen LogP contribution in [0.2, 0.25) is 0 Å². The third-order valence-corrected chi connectivity index (χ3v) is 6.33. The lowest BCUT2D eigenvalue weighted by molar-refractivity contribution is -0.0118. The second-order valence-electron chi connectivity index (χ2n) is 8.31. The van der Waals surface area contributed by atoms with Crippen LogP contribution in [-0.2, 0) is 0 Å². The first kappa shape index (κ1) is 24.3. The van der Waals surface area contributed by atoms with Gasteiger partial charge in [0.25, 0.3) is 0 Å². The molecule has 9 heteroatoms. The van der Waals surface area contributed by atoms with Gasteiger partial charge in [0.1, 0.15) is 6.26 Å². The Hall–Kier alpha value is -4.37. The maximum Gasteiger partial charge on any atom is 0.205 e. The minimum atomic E-state index is -0.757. The Bertz CT molecular complexity index is 1510. The minimum absolute atomic E-state index is 0.232. The number of ether oxygens (including phenoxy) is 6. The largest absolute Gasteiger partial charge is 0.493 e. The number of aliphatic hydroxyl groups is 1. The van der Waals surface area contributed by atoms with Gasteiger partial charge in [-0.1, -0.05) is 12.1 Å². The van der Waals surface area contributed by atoms with Gasteiger partial charge in [-0.2, -0.15) is 0 Å². The molecule has 0 saturated heterocycles. The first-order valence-corrected chi connectivity index (χ1v) is 11.5. The van der Waals surface area contributed by atoms with Gasteiger partial charge in [-0.25, -0.2) is 0 Å². The molecule has 4 aromatic rings. The van der Waals surface area contributed by atoms with Crippen LogP contribution in [0.25, 0.3) is 22.1 Å². The van der Waals surface area contributed by atoms with Gasteiger partial charge in [-0.05, 0) is 42.0 Å². The van der Waals surface area contributed by atoms with Crippen LogP contribution in [-0.4, -0.2) is 46.3 Å². The fraction of sp³-hybridized carbons (Fsp3) is 0.250. The summed E-state index contributed by atoms with van der Waals surface area (Å²) in [5, 5.41) is 10.4. The zero-order valence-corrected chi connectivity index (χ0v) is 20.8. The van der Waals surface area contributed by atoms with E-state index in [9.17, 15) is 9.90 Å². The van der Waals surface area contributed by atoms with E-state index < -0.39 is 12.2 Å². The van der Waals surface area contributed by atoms with Crippen molar-refractivity contribution in [2.45, 2.75) is 12.2 Å². The molecular weight excluding hydrogens is 480 g/mol. The molecule has 37 heavy (non-hydrogen) atoms. The highest BCUT2D eigenvalue weighted by Crippen LogP contribution is 2.45. The Morgan fingerprint density at radius 1 is 0.811 bits per heavy atom. The molecule has 0 radical (unpaired) electrons. The van der Waals surface area contributed by atoms with Crippen molar-refractivity contribution in [2.75, 3.05) is 35.0 Å². The van der Waals surface area contributed by atoms with Gasteiger partial charge in [0.2, 0.25) is 11.2 Å². The maximum atomic E-state index is 13.4. The van der Waals surface area contributed by atoms with Crippen molar-refractivity contribution in [3.8, 4) is 45.6 Å². The van der Waals surface area contributed by atoms with E-state index in [1.807, 2.05) is 6.07 Å². The van der Waals surface area contributed by atoms with Crippen LogP contribution in [0.15, 0.2) is 64.0 Å². The van der Waals surface area contributed by atoms with Crippen molar-refractivity contribution in [1.29, 1.82) is 0 Å². The summed E-state index contributed by atoms with van der Waals surface area (Å²) in [6.45, 7) is -0.331. The number of fused-ring (bicyclic) bond motifs is 3. The zero-order chi connectivity index (χ0) is 26.1. The van der Waals surface area contributed by atoms with Gasteiger partial charge in [0.05, 0.1) is 46.0 Å². The second kappa shape index (κ2) is 9.94. The molecule has 192 valence electrons.